The molecule has 0 heterocycles. The molecule has 0 rings (SSSR count). The largest absolute Gasteiger partial charge is 2.00 e. The van der Waals surface area contributed by atoms with Crippen molar-refractivity contribution < 1.29 is 26.2 Å². The Balaban J connectivity index is 0. The van der Waals surface area contributed by atoms with Crippen molar-refractivity contribution in [1.29, 1.82) is 0 Å². The third-order valence-electron chi connectivity index (χ3n) is 0. The number of rotatable bonds is 0. The molecule has 0 amide bonds. The Labute approximate surface area is 63.1 Å². The molecule has 0 aliphatic heterocycles. The first-order valence-corrected chi connectivity index (χ1v) is 0. The minimum atomic E-state index is 0. The van der Waals surface area contributed by atoms with Crippen molar-refractivity contribution in [3.8, 4) is 0 Å². The molecule has 0 fully saturated rings. The third-order valence-corrected chi connectivity index (χ3v) is 0. The molecule has 0 saturated heterocycles. The zero-order valence-corrected chi connectivity index (χ0v) is 6.63. The average molecular weight is 201 g/mol. The van der Waals surface area contributed by atoms with Gasteiger partial charge in [0.15, 0.2) is 0 Å². The van der Waals surface area contributed by atoms with Gasteiger partial charge in [-0.15, -0.1) is 37.2 Å². The predicted molar refractivity (Wildman–Crippen MR) is 21.7 cm³/mol. The molecular weight excluding hydrogens is 198 g/mol. The van der Waals surface area contributed by atoms with Gasteiger partial charge < -0.3 is 0 Å². The van der Waals surface area contributed by atoms with Crippen molar-refractivity contribution in [2.45, 2.75) is 0 Å². The van der Waals surface area contributed by atoms with Crippen molar-refractivity contribution in [3.63, 3.8) is 0 Å². The standard InChI is InChI=1S/3ClH.Zr/h3*1H;/q;;;+2. The Morgan fingerprint density at radius 1 is 0.500 bits per heavy atom. The zero-order chi connectivity index (χ0) is 0. The molecule has 0 spiro atoms. The molecular formula is H3Cl3Zr+2. The summed E-state index contributed by atoms with van der Waals surface area (Å²) in [5, 5.41) is 0. The summed E-state index contributed by atoms with van der Waals surface area (Å²) in [7, 11) is 0. The summed E-state index contributed by atoms with van der Waals surface area (Å²) in [6.07, 6.45) is 0. The summed E-state index contributed by atoms with van der Waals surface area (Å²) in [4.78, 5) is 0. The van der Waals surface area contributed by atoms with E-state index in [2.05, 4.69) is 0 Å². The summed E-state index contributed by atoms with van der Waals surface area (Å²) in [6.45, 7) is 0. The van der Waals surface area contributed by atoms with Gasteiger partial charge in [0.25, 0.3) is 0 Å². The van der Waals surface area contributed by atoms with Crippen LogP contribution in [0.1, 0.15) is 0 Å². The zero-order valence-electron chi connectivity index (χ0n) is 1.72. The van der Waals surface area contributed by atoms with Gasteiger partial charge in [0.1, 0.15) is 0 Å². The van der Waals surface area contributed by atoms with Crippen LogP contribution >= 0.6 is 37.2 Å². The van der Waals surface area contributed by atoms with Crippen LogP contribution in [0.4, 0.5) is 0 Å². The number of hydrogen-bond donors (Lipinski definition) is 0. The van der Waals surface area contributed by atoms with Crippen LogP contribution in [0.3, 0.4) is 0 Å². The van der Waals surface area contributed by atoms with Crippen molar-refractivity contribution in [2.24, 2.45) is 0 Å². The van der Waals surface area contributed by atoms with Gasteiger partial charge in [0, 0.05) is 0 Å². The van der Waals surface area contributed by atoms with Crippen LogP contribution in [0.5, 0.6) is 0 Å². The average Bonchev–Trinajstić information content (AvgIpc) is 0. The van der Waals surface area contributed by atoms with Crippen LogP contribution in [-0.4, -0.2) is 0 Å². The van der Waals surface area contributed by atoms with Gasteiger partial charge in [0.05, 0.1) is 0 Å². The van der Waals surface area contributed by atoms with Crippen molar-refractivity contribution in [3.05, 3.63) is 0 Å². The Hall–Kier alpha value is 1.75. The van der Waals surface area contributed by atoms with E-state index in [1.54, 1.807) is 0 Å². The Morgan fingerprint density at radius 2 is 0.500 bits per heavy atom. The second-order valence-electron chi connectivity index (χ2n) is 0. The Bertz CT molecular complexity index is 3.25. The fourth-order valence-corrected chi connectivity index (χ4v) is 0. The third kappa shape index (κ3) is 9.26. The van der Waals surface area contributed by atoms with Gasteiger partial charge in [-0.05, 0) is 0 Å². The van der Waals surface area contributed by atoms with E-state index in [0.29, 0.717) is 0 Å². The molecule has 4 heavy (non-hydrogen) atoms. The van der Waals surface area contributed by atoms with E-state index in [4.69, 9.17) is 0 Å². The molecule has 4 heteroatoms. The van der Waals surface area contributed by atoms with Crippen LogP contribution in [0.2, 0.25) is 0 Å². The fourth-order valence-electron chi connectivity index (χ4n) is 0. The van der Waals surface area contributed by atoms with Crippen molar-refractivity contribution >= 4 is 37.2 Å². The van der Waals surface area contributed by atoms with E-state index < -0.39 is 0 Å². The van der Waals surface area contributed by atoms with Crippen LogP contribution in [0.25, 0.3) is 0 Å². The van der Waals surface area contributed by atoms with E-state index in [-0.39, 0.29) is 63.4 Å². The molecule has 0 aliphatic carbocycles. The van der Waals surface area contributed by atoms with Gasteiger partial charge in [-0.3, -0.25) is 0 Å². The molecule has 0 aromatic heterocycles. The van der Waals surface area contributed by atoms with Gasteiger partial charge in [-0.25, -0.2) is 0 Å². The molecule has 0 aromatic rings. The summed E-state index contributed by atoms with van der Waals surface area (Å²) in [5.41, 5.74) is 0. The molecule has 0 saturated carbocycles. The molecule has 0 unspecified atom stereocenters. The number of halogens is 3. The second kappa shape index (κ2) is 21.8. The molecule has 26 valence electrons. The summed E-state index contributed by atoms with van der Waals surface area (Å²) in [5.74, 6) is 0. The SMILES string of the molecule is Cl.Cl.Cl.[Zr+2]. The fraction of sp³-hybridized carbons (Fsp3) is 0. The van der Waals surface area contributed by atoms with E-state index >= 15 is 0 Å². The van der Waals surface area contributed by atoms with Crippen LogP contribution in [0, 0.1) is 0 Å². The van der Waals surface area contributed by atoms with Crippen LogP contribution in [0.15, 0.2) is 0 Å². The summed E-state index contributed by atoms with van der Waals surface area (Å²) >= 11 is 0. The Morgan fingerprint density at radius 3 is 0.500 bits per heavy atom. The number of hydrogen-bond acceptors (Lipinski definition) is 0. The van der Waals surface area contributed by atoms with Crippen LogP contribution in [-0.2, 0) is 26.2 Å². The molecule has 0 aromatic carbocycles. The van der Waals surface area contributed by atoms with Crippen LogP contribution < -0.4 is 0 Å². The first-order chi connectivity index (χ1) is 0. The monoisotopic (exact) mass is 198 g/mol. The van der Waals surface area contributed by atoms with Gasteiger partial charge in [0.2, 0.25) is 0 Å². The molecule has 0 nitrogen and oxygen atoms in total. The smallest absolute Gasteiger partial charge is 0.147 e. The first kappa shape index (κ1) is 42.3. The molecule has 0 N–H and O–H groups in total. The molecule has 0 bridgehead atoms. The maximum atomic E-state index is 0. The minimum Gasteiger partial charge on any atom is -0.147 e. The maximum Gasteiger partial charge on any atom is 2.00 e. The molecule has 0 aliphatic rings. The van der Waals surface area contributed by atoms with E-state index in [1.165, 1.54) is 0 Å². The van der Waals surface area contributed by atoms with Crippen molar-refractivity contribution in [2.75, 3.05) is 0 Å². The maximum absolute atomic E-state index is 0. The molecule has 0 atom stereocenters. The second-order valence-corrected chi connectivity index (χ2v) is 0. The topological polar surface area (TPSA) is 0 Å². The Kier molecular flexibility index (Phi) is 230. The van der Waals surface area contributed by atoms with Gasteiger partial charge in [-0.2, -0.15) is 0 Å². The molecule has 0 radical (unpaired) electrons. The normalized spacial score (nSPS) is 0. The summed E-state index contributed by atoms with van der Waals surface area (Å²) < 4.78 is 0. The van der Waals surface area contributed by atoms with E-state index in [0.717, 1.165) is 0 Å². The minimum absolute atomic E-state index is 0. The quantitative estimate of drug-likeness (QED) is 0.553. The van der Waals surface area contributed by atoms with Gasteiger partial charge in [-0.1, -0.05) is 0 Å². The van der Waals surface area contributed by atoms with E-state index in [9.17, 15) is 0 Å². The van der Waals surface area contributed by atoms with E-state index in [1.807, 2.05) is 0 Å². The van der Waals surface area contributed by atoms with Gasteiger partial charge >= 0.3 is 26.2 Å². The summed E-state index contributed by atoms with van der Waals surface area (Å²) in [6, 6.07) is 0. The van der Waals surface area contributed by atoms with Crippen molar-refractivity contribution in [1.82, 2.24) is 0 Å². The predicted octanol–water partition coefficient (Wildman–Crippen LogP) is 1.26. The first-order valence-electron chi connectivity index (χ1n) is 0.